The molecule has 5 atom stereocenters. The zero-order valence-corrected chi connectivity index (χ0v) is 14.1. The van der Waals surface area contributed by atoms with Gasteiger partial charge in [0.15, 0.2) is 23.6 Å². The summed E-state index contributed by atoms with van der Waals surface area (Å²) in [7, 11) is 0. The minimum Gasteiger partial charge on any atom is -0.394 e. The predicted octanol–water partition coefficient (Wildman–Crippen LogP) is 1.24. The first-order valence-electron chi connectivity index (χ1n) is 7.63. The zero-order chi connectivity index (χ0) is 16.2. The molecule has 124 valence electrons. The van der Waals surface area contributed by atoms with E-state index in [1.807, 2.05) is 37.0 Å². The highest BCUT2D eigenvalue weighted by molar-refractivity contribution is 7.99. The van der Waals surface area contributed by atoms with Gasteiger partial charge in [0.2, 0.25) is 11.4 Å². The zero-order valence-electron chi connectivity index (χ0n) is 13.2. The number of aliphatic hydroxyl groups excluding tert-OH is 1. The largest absolute Gasteiger partial charge is 0.394 e. The van der Waals surface area contributed by atoms with Gasteiger partial charge in [-0.15, -0.1) is 11.8 Å². The van der Waals surface area contributed by atoms with Gasteiger partial charge in [-0.3, -0.25) is 0 Å². The molecule has 7 nitrogen and oxygen atoms in total. The molecule has 0 amide bonds. The van der Waals surface area contributed by atoms with Crippen molar-refractivity contribution in [3.63, 3.8) is 0 Å². The fraction of sp³-hybridized carbons (Fsp3) is 0.667. The van der Waals surface area contributed by atoms with Gasteiger partial charge in [0.1, 0.15) is 18.3 Å². The van der Waals surface area contributed by atoms with E-state index in [1.165, 1.54) is 0 Å². The molecule has 0 saturated carbocycles. The molecule has 4 heterocycles. The van der Waals surface area contributed by atoms with Gasteiger partial charge in [-0.2, -0.15) is 0 Å². The molecular weight excluding hydrogens is 318 g/mol. The maximum Gasteiger partial charge on any atom is 0.249 e. The van der Waals surface area contributed by atoms with Crippen molar-refractivity contribution in [3.8, 4) is 0 Å². The molecule has 4 aliphatic rings. The van der Waals surface area contributed by atoms with Crippen LogP contribution in [0.2, 0.25) is 0 Å². The molecule has 0 aromatic heterocycles. The quantitative estimate of drug-likeness (QED) is 0.784. The van der Waals surface area contributed by atoms with Gasteiger partial charge in [-0.05, 0) is 24.8 Å². The Kier molecular flexibility index (Phi) is 3.69. The average molecular weight is 338 g/mol. The minimum absolute atomic E-state index is 0.0317. The van der Waals surface area contributed by atoms with Crippen molar-refractivity contribution in [3.05, 3.63) is 23.5 Å². The summed E-state index contributed by atoms with van der Waals surface area (Å²) in [6, 6.07) is 0. The summed E-state index contributed by atoms with van der Waals surface area (Å²) < 4.78 is 19.8. The van der Waals surface area contributed by atoms with Crippen LogP contribution in [0.25, 0.3) is 0 Å². The fourth-order valence-electron chi connectivity index (χ4n) is 3.46. The molecular formula is C15H20N3O4S+. The van der Waals surface area contributed by atoms with E-state index in [4.69, 9.17) is 14.2 Å². The van der Waals surface area contributed by atoms with Gasteiger partial charge >= 0.3 is 0 Å². The number of allylic oxidation sites excluding steroid dienone is 2. The van der Waals surface area contributed by atoms with Crippen LogP contribution in [0.1, 0.15) is 13.8 Å². The third kappa shape index (κ3) is 2.40. The summed E-state index contributed by atoms with van der Waals surface area (Å²) in [5.41, 5.74) is 1.92. The summed E-state index contributed by atoms with van der Waals surface area (Å²) in [5, 5.41) is 14.0. The summed E-state index contributed by atoms with van der Waals surface area (Å²) >= 11 is 1.65. The fourth-order valence-corrected chi connectivity index (χ4v) is 4.06. The first-order chi connectivity index (χ1) is 11.0. The summed E-state index contributed by atoms with van der Waals surface area (Å²) in [6.07, 6.45) is 6.34. The van der Waals surface area contributed by atoms with Crippen molar-refractivity contribution in [2.45, 2.75) is 49.4 Å². The van der Waals surface area contributed by atoms with Gasteiger partial charge in [0.05, 0.1) is 6.61 Å². The summed E-state index contributed by atoms with van der Waals surface area (Å²) in [4.78, 5) is 4.36. The van der Waals surface area contributed by atoms with Crippen molar-refractivity contribution >= 4 is 18.1 Å². The monoisotopic (exact) mass is 338 g/mol. The summed E-state index contributed by atoms with van der Waals surface area (Å²) in [6.45, 7) is 3.66. The number of hydrogen-bond donors (Lipinski definition) is 1. The van der Waals surface area contributed by atoms with Crippen molar-refractivity contribution in [2.24, 2.45) is 10.1 Å². The van der Waals surface area contributed by atoms with Crippen LogP contribution in [0, 0.1) is 0 Å². The molecule has 8 heteroatoms. The molecule has 4 aliphatic heterocycles. The molecule has 0 spiro atoms. The van der Waals surface area contributed by atoms with E-state index in [1.54, 1.807) is 18.1 Å². The highest BCUT2D eigenvalue weighted by Crippen LogP contribution is 2.43. The lowest BCUT2D eigenvalue weighted by atomic mass is 10.1. The SMILES string of the molecule is CSC1N=CN=[N+]2C1=CC=C2[C@@H]1O[C@H](CO)[C@H]2OC(C)(C)O[C@H]21. The van der Waals surface area contributed by atoms with E-state index in [-0.39, 0.29) is 30.3 Å². The van der Waals surface area contributed by atoms with Crippen LogP contribution in [0.3, 0.4) is 0 Å². The van der Waals surface area contributed by atoms with E-state index in [9.17, 15) is 5.11 Å². The molecule has 0 aliphatic carbocycles. The maximum atomic E-state index is 9.60. The third-order valence-corrected chi connectivity index (χ3v) is 5.19. The lowest BCUT2D eigenvalue weighted by Crippen LogP contribution is -2.34. The van der Waals surface area contributed by atoms with Gasteiger partial charge < -0.3 is 19.3 Å². The van der Waals surface area contributed by atoms with Crippen LogP contribution in [-0.4, -0.2) is 64.6 Å². The maximum absolute atomic E-state index is 9.60. The second-order valence-electron chi connectivity index (χ2n) is 6.31. The van der Waals surface area contributed by atoms with Crippen LogP contribution in [0.4, 0.5) is 0 Å². The number of thioether (sulfide) groups is 1. The Morgan fingerprint density at radius 2 is 2.00 bits per heavy atom. The van der Waals surface area contributed by atoms with E-state index in [0.29, 0.717) is 0 Å². The smallest absolute Gasteiger partial charge is 0.249 e. The Labute approximate surface area is 138 Å². The topological polar surface area (TPSA) is 75.7 Å². The Hall–Kier alpha value is -1.06. The first kappa shape index (κ1) is 15.5. The lowest BCUT2D eigenvalue weighted by Gasteiger charge is -2.23. The Bertz CT molecular complexity index is 643. The predicted molar refractivity (Wildman–Crippen MR) is 84.2 cm³/mol. The first-order valence-corrected chi connectivity index (χ1v) is 8.92. The van der Waals surface area contributed by atoms with Crippen molar-refractivity contribution in [1.82, 2.24) is 0 Å². The van der Waals surface area contributed by atoms with Crippen LogP contribution in [-0.2, 0) is 14.2 Å². The molecule has 1 N–H and O–H groups in total. The molecule has 1 unspecified atom stereocenters. The Balaban J connectivity index is 1.62. The van der Waals surface area contributed by atoms with Crippen LogP contribution in [0.5, 0.6) is 0 Å². The number of aliphatic imine (C=N–C) groups is 1. The summed E-state index contributed by atoms with van der Waals surface area (Å²) in [5.74, 6) is -0.678. The molecule has 0 bridgehead atoms. The molecule has 0 aromatic carbocycles. The minimum atomic E-state index is -0.678. The number of aliphatic hydroxyl groups is 1. The highest BCUT2D eigenvalue weighted by atomic mass is 32.2. The Morgan fingerprint density at radius 1 is 1.26 bits per heavy atom. The standard InChI is InChI=1S/C15H20N3O4S/c1-15(2)21-12-10(6-19)20-11(13(12)22-15)8-4-5-9-14(23-3)16-7-17-18(8)9/h4-5,7,10-14,19H,6H2,1-3H3/q+1/t10-,11+,12-,13+,14?/m1/s1. The number of fused-ring (bicyclic) bond motifs is 2. The number of rotatable bonds is 3. The number of nitrogens with zero attached hydrogens (tertiary/aromatic N) is 3. The van der Waals surface area contributed by atoms with Gasteiger partial charge in [-0.25, -0.2) is 4.99 Å². The van der Waals surface area contributed by atoms with Crippen molar-refractivity contribution < 1.29 is 24.0 Å². The number of ether oxygens (including phenoxy) is 3. The van der Waals surface area contributed by atoms with E-state index in [2.05, 4.69) is 10.1 Å². The van der Waals surface area contributed by atoms with E-state index < -0.39 is 11.9 Å². The van der Waals surface area contributed by atoms with Gasteiger partial charge in [-0.1, -0.05) is 0 Å². The molecule has 0 aromatic rings. The van der Waals surface area contributed by atoms with E-state index >= 15 is 0 Å². The van der Waals surface area contributed by atoms with Gasteiger partial charge in [0, 0.05) is 17.3 Å². The van der Waals surface area contributed by atoms with E-state index in [0.717, 1.165) is 11.4 Å². The third-order valence-electron chi connectivity index (χ3n) is 4.38. The second kappa shape index (κ2) is 5.49. The van der Waals surface area contributed by atoms with Crippen molar-refractivity contribution in [1.29, 1.82) is 0 Å². The van der Waals surface area contributed by atoms with Crippen LogP contribution in [0.15, 0.2) is 33.7 Å². The average Bonchev–Trinajstić information content (AvgIpc) is 3.17. The molecule has 2 saturated heterocycles. The lowest BCUT2D eigenvalue weighted by molar-refractivity contribution is -0.499. The van der Waals surface area contributed by atoms with Gasteiger partial charge in [0.25, 0.3) is 0 Å². The van der Waals surface area contributed by atoms with Crippen molar-refractivity contribution in [2.75, 3.05) is 12.9 Å². The highest BCUT2D eigenvalue weighted by Gasteiger charge is 2.59. The molecule has 0 radical (unpaired) electrons. The normalized spacial score (nSPS) is 40.5. The second-order valence-corrected chi connectivity index (χ2v) is 7.22. The molecule has 2 fully saturated rings. The molecule has 23 heavy (non-hydrogen) atoms. The number of azo groups is 2. The number of hydrogen-bond acceptors (Lipinski definition) is 7. The van der Waals surface area contributed by atoms with Crippen LogP contribution >= 0.6 is 11.8 Å². The Morgan fingerprint density at radius 3 is 2.74 bits per heavy atom. The van der Waals surface area contributed by atoms with Crippen LogP contribution < -0.4 is 0 Å². The molecule has 4 rings (SSSR count).